The summed E-state index contributed by atoms with van der Waals surface area (Å²) in [6.45, 7) is 2.22. The van der Waals surface area contributed by atoms with Gasteiger partial charge in [0.15, 0.2) is 0 Å². The molecule has 2 atom stereocenters. The van der Waals surface area contributed by atoms with Crippen molar-refractivity contribution in [3.8, 4) is 0 Å². The molecule has 0 saturated carbocycles. The molecule has 2 heterocycles. The van der Waals surface area contributed by atoms with Crippen molar-refractivity contribution < 1.29 is 18.0 Å². The van der Waals surface area contributed by atoms with E-state index < -0.39 is 11.7 Å². The highest BCUT2D eigenvalue weighted by Gasteiger charge is 2.38. The van der Waals surface area contributed by atoms with E-state index >= 15 is 0 Å². The molecule has 2 unspecified atom stereocenters. The van der Waals surface area contributed by atoms with E-state index in [2.05, 4.69) is 0 Å². The van der Waals surface area contributed by atoms with E-state index in [1.165, 1.54) is 11.0 Å². The van der Waals surface area contributed by atoms with E-state index in [1.54, 1.807) is 13.0 Å². The SMILES string of the molecule is CC1C(=O)N(c2cccc(C(F)(F)F)c2)CC2CCC=CN21. The van der Waals surface area contributed by atoms with Crippen LogP contribution in [-0.4, -0.2) is 29.4 Å². The minimum absolute atomic E-state index is 0.159. The van der Waals surface area contributed by atoms with Gasteiger partial charge in [0.2, 0.25) is 5.91 Å². The standard InChI is InChI=1S/C16H17F3N2O/c1-11-15(22)21(10-14-6-2-3-8-20(11)14)13-7-4-5-12(9-13)16(17,18)19/h3-5,7-9,11,14H,2,6,10H2,1H3. The number of alkyl halides is 3. The summed E-state index contributed by atoms with van der Waals surface area (Å²) in [5.74, 6) is -0.165. The molecular weight excluding hydrogens is 293 g/mol. The number of fused-ring (bicyclic) bond motifs is 1. The van der Waals surface area contributed by atoms with Crippen molar-refractivity contribution in [1.29, 1.82) is 0 Å². The Hall–Kier alpha value is -1.98. The maximum atomic E-state index is 12.9. The van der Waals surface area contributed by atoms with Gasteiger partial charge in [-0.15, -0.1) is 0 Å². The number of rotatable bonds is 1. The first-order chi connectivity index (χ1) is 10.4. The number of carbonyl (C=O) groups is 1. The molecule has 1 aromatic rings. The molecule has 0 radical (unpaired) electrons. The van der Waals surface area contributed by atoms with Gasteiger partial charge >= 0.3 is 6.18 Å². The van der Waals surface area contributed by atoms with Gasteiger partial charge < -0.3 is 9.80 Å². The number of allylic oxidation sites excluding steroid dienone is 1. The van der Waals surface area contributed by atoms with E-state index in [0.29, 0.717) is 12.2 Å². The summed E-state index contributed by atoms with van der Waals surface area (Å²) in [4.78, 5) is 16.0. The molecule has 1 aromatic carbocycles. The third kappa shape index (κ3) is 2.58. The maximum absolute atomic E-state index is 12.9. The summed E-state index contributed by atoms with van der Waals surface area (Å²) in [5.41, 5.74) is -0.405. The number of benzene rings is 1. The molecule has 0 aliphatic carbocycles. The zero-order valence-electron chi connectivity index (χ0n) is 12.2. The van der Waals surface area contributed by atoms with E-state index in [0.717, 1.165) is 25.0 Å². The highest BCUT2D eigenvalue weighted by molar-refractivity contribution is 5.98. The molecule has 1 amide bonds. The van der Waals surface area contributed by atoms with Crippen molar-refractivity contribution in [3.05, 3.63) is 42.1 Å². The average molecular weight is 310 g/mol. The lowest BCUT2D eigenvalue weighted by molar-refractivity contribution is -0.137. The molecule has 3 rings (SSSR count). The van der Waals surface area contributed by atoms with Crippen molar-refractivity contribution in [2.24, 2.45) is 0 Å². The zero-order valence-corrected chi connectivity index (χ0v) is 12.2. The molecule has 1 saturated heterocycles. The van der Waals surface area contributed by atoms with E-state index in [4.69, 9.17) is 0 Å². The average Bonchev–Trinajstić information content (AvgIpc) is 2.50. The van der Waals surface area contributed by atoms with Crippen molar-refractivity contribution in [1.82, 2.24) is 4.90 Å². The number of halogens is 3. The maximum Gasteiger partial charge on any atom is 0.416 e. The van der Waals surface area contributed by atoms with Gasteiger partial charge in [-0.1, -0.05) is 12.1 Å². The van der Waals surface area contributed by atoms with Crippen LogP contribution in [0.15, 0.2) is 36.5 Å². The van der Waals surface area contributed by atoms with Crippen LogP contribution in [0.4, 0.5) is 18.9 Å². The summed E-state index contributed by atoms with van der Waals surface area (Å²) in [5, 5.41) is 0. The lowest BCUT2D eigenvalue weighted by Crippen LogP contribution is -2.59. The second kappa shape index (κ2) is 5.34. The molecule has 22 heavy (non-hydrogen) atoms. The van der Waals surface area contributed by atoms with Crippen LogP contribution >= 0.6 is 0 Å². The van der Waals surface area contributed by atoms with Crippen molar-refractivity contribution in [2.45, 2.75) is 38.0 Å². The molecule has 2 aliphatic rings. The second-order valence-corrected chi connectivity index (χ2v) is 5.74. The molecule has 118 valence electrons. The third-order valence-corrected chi connectivity index (χ3v) is 4.31. The van der Waals surface area contributed by atoms with E-state index in [-0.39, 0.29) is 18.0 Å². The molecule has 0 N–H and O–H groups in total. The van der Waals surface area contributed by atoms with Crippen LogP contribution < -0.4 is 4.90 Å². The molecule has 1 fully saturated rings. The number of carbonyl (C=O) groups excluding carboxylic acids is 1. The van der Waals surface area contributed by atoms with Gasteiger partial charge in [0.05, 0.1) is 5.56 Å². The van der Waals surface area contributed by atoms with Crippen LogP contribution in [0.3, 0.4) is 0 Å². The molecule has 6 heteroatoms. The fraction of sp³-hybridized carbons (Fsp3) is 0.438. The number of anilines is 1. The van der Waals surface area contributed by atoms with Gasteiger partial charge in [-0.25, -0.2) is 0 Å². The smallest absolute Gasteiger partial charge is 0.361 e. The normalized spacial score (nSPS) is 25.4. The Bertz CT molecular complexity index is 612. The molecular formula is C16H17F3N2O. The molecule has 0 bridgehead atoms. The first-order valence-electron chi connectivity index (χ1n) is 7.30. The monoisotopic (exact) mass is 310 g/mol. The quantitative estimate of drug-likeness (QED) is 0.793. The lowest BCUT2D eigenvalue weighted by Gasteiger charge is -2.46. The van der Waals surface area contributed by atoms with Crippen molar-refractivity contribution >= 4 is 11.6 Å². The number of nitrogens with zero attached hydrogens (tertiary/aromatic N) is 2. The minimum atomic E-state index is -4.40. The van der Waals surface area contributed by atoms with Crippen LogP contribution in [0.5, 0.6) is 0 Å². The van der Waals surface area contributed by atoms with Crippen LogP contribution in [-0.2, 0) is 11.0 Å². The topological polar surface area (TPSA) is 23.6 Å². The third-order valence-electron chi connectivity index (χ3n) is 4.31. The zero-order chi connectivity index (χ0) is 15.9. The largest absolute Gasteiger partial charge is 0.416 e. The predicted molar refractivity (Wildman–Crippen MR) is 77.3 cm³/mol. The van der Waals surface area contributed by atoms with Gasteiger partial charge in [0.25, 0.3) is 0 Å². The lowest BCUT2D eigenvalue weighted by atomic mass is 9.98. The van der Waals surface area contributed by atoms with Gasteiger partial charge in [0.1, 0.15) is 6.04 Å². The molecule has 3 nitrogen and oxygen atoms in total. The van der Waals surface area contributed by atoms with Crippen LogP contribution in [0.2, 0.25) is 0 Å². The molecule has 0 spiro atoms. The van der Waals surface area contributed by atoms with Crippen LogP contribution in [0.25, 0.3) is 0 Å². The first kappa shape index (κ1) is 14.9. The Morgan fingerprint density at radius 3 is 2.77 bits per heavy atom. The Balaban J connectivity index is 1.92. The summed E-state index contributed by atoms with van der Waals surface area (Å²) >= 11 is 0. The molecule has 0 aromatic heterocycles. The summed E-state index contributed by atoms with van der Waals surface area (Å²) < 4.78 is 38.6. The van der Waals surface area contributed by atoms with E-state index in [1.807, 2.05) is 17.2 Å². The van der Waals surface area contributed by atoms with Gasteiger partial charge in [0, 0.05) is 18.3 Å². The van der Waals surface area contributed by atoms with Gasteiger partial charge in [-0.05, 0) is 44.2 Å². The minimum Gasteiger partial charge on any atom is -0.361 e. The van der Waals surface area contributed by atoms with Gasteiger partial charge in [-0.2, -0.15) is 13.2 Å². The number of amides is 1. The van der Waals surface area contributed by atoms with Crippen molar-refractivity contribution in [3.63, 3.8) is 0 Å². The van der Waals surface area contributed by atoms with Crippen LogP contribution in [0, 0.1) is 0 Å². The highest BCUT2D eigenvalue weighted by Crippen LogP contribution is 2.33. The first-order valence-corrected chi connectivity index (χ1v) is 7.30. The highest BCUT2D eigenvalue weighted by atomic mass is 19.4. The Morgan fingerprint density at radius 2 is 2.05 bits per heavy atom. The number of piperazine rings is 1. The Labute approximate surface area is 127 Å². The second-order valence-electron chi connectivity index (χ2n) is 5.74. The summed E-state index contributed by atoms with van der Waals surface area (Å²) in [7, 11) is 0. The Morgan fingerprint density at radius 1 is 1.27 bits per heavy atom. The molecule has 2 aliphatic heterocycles. The number of hydrogen-bond donors (Lipinski definition) is 0. The fourth-order valence-electron chi connectivity index (χ4n) is 3.12. The van der Waals surface area contributed by atoms with Crippen molar-refractivity contribution in [2.75, 3.05) is 11.4 Å². The Kier molecular flexibility index (Phi) is 3.62. The van der Waals surface area contributed by atoms with E-state index in [9.17, 15) is 18.0 Å². The van der Waals surface area contributed by atoms with Gasteiger partial charge in [-0.3, -0.25) is 4.79 Å². The summed E-state index contributed by atoms with van der Waals surface area (Å²) in [6, 6.07) is 4.80. The van der Waals surface area contributed by atoms with Crippen LogP contribution in [0.1, 0.15) is 25.3 Å². The predicted octanol–water partition coefficient (Wildman–Crippen LogP) is 3.42. The summed E-state index contributed by atoms with van der Waals surface area (Å²) in [6.07, 6.45) is 1.39. The fourth-order valence-corrected chi connectivity index (χ4v) is 3.12. The number of hydrogen-bond acceptors (Lipinski definition) is 2.